The van der Waals surface area contributed by atoms with Gasteiger partial charge in [-0.2, -0.15) is 11.3 Å². The molecule has 0 radical (unpaired) electrons. The van der Waals surface area contributed by atoms with Crippen LogP contribution < -0.4 is 5.73 Å². The molecule has 1 amide bonds. The van der Waals surface area contributed by atoms with E-state index in [-0.39, 0.29) is 5.91 Å². The minimum atomic E-state index is -0.266. The molecule has 2 aromatic heterocycles. The summed E-state index contributed by atoms with van der Waals surface area (Å²) in [6, 6.07) is 7.84. The van der Waals surface area contributed by atoms with Crippen LogP contribution in [0.2, 0.25) is 0 Å². The molecule has 74 valence electrons. The molecule has 0 aliphatic carbocycles. The molecule has 2 nitrogen and oxygen atoms in total. The van der Waals surface area contributed by atoms with Crippen molar-refractivity contribution in [3.05, 3.63) is 45.3 Å². The summed E-state index contributed by atoms with van der Waals surface area (Å²) >= 11 is 3.26. The maximum Gasteiger partial charge on any atom is 0.222 e. The normalized spacial score (nSPS) is 8.86. The van der Waals surface area contributed by atoms with Crippen LogP contribution in [0.25, 0.3) is 0 Å². The number of carbonyl (C=O) groups is 1. The van der Waals surface area contributed by atoms with Crippen molar-refractivity contribution in [1.29, 1.82) is 0 Å². The molecule has 0 bridgehead atoms. The van der Waals surface area contributed by atoms with E-state index in [1.54, 1.807) is 22.7 Å². The van der Waals surface area contributed by atoms with Gasteiger partial charge >= 0.3 is 0 Å². The molecule has 0 aliphatic heterocycles. The summed E-state index contributed by atoms with van der Waals surface area (Å²) in [5.74, 6) is -0.266. The van der Waals surface area contributed by atoms with Crippen LogP contribution in [0.4, 0.5) is 0 Å². The lowest BCUT2D eigenvalue weighted by Gasteiger charge is -1.86. The van der Waals surface area contributed by atoms with E-state index in [0.29, 0.717) is 6.42 Å². The summed E-state index contributed by atoms with van der Waals surface area (Å²) in [5, 5.41) is 6.01. The fraction of sp³-hybridized carbons (Fsp3) is 0.100. The van der Waals surface area contributed by atoms with E-state index < -0.39 is 0 Å². The Morgan fingerprint density at radius 3 is 2.29 bits per heavy atom. The van der Waals surface area contributed by atoms with Crippen molar-refractivity contribution in [3.8, 4) is 0 Å². The van der Waals surface area contributed by atoms with Crippen LogP contribution in [0.5, 0.6) is 0 Å². The van der Waals surface area contributed by atoms with E-state index in [4.69, 9.17) is 5.73 Å². The zero-order chi connectivity index (χ0) is 10.2. The SMILES string of the molecule is NC(=O)Cc1cccs1.c1ccsc1. The van der Waals surface area contributed by atoms with Crippen LogP contribution in [0.3, 0.4) is 0 Å². The molecule has 2 heterocycles. The molecule has 14 heavy (non-hydrogen) atoms. The maximum atomic E-state index is 10.3. The molecule has 2 N–H and O–H groups in total. The monoisotopic (exact) mass is 225 g/mol. The number of hydrogen-bond donors (Lipinski definition) is 1. The highest BCUT2D eigenvalue weighted by molar-refractivity contribution is 7.10. The molecule has 0 spiro atoms. The first kappa shape index (κ1) is 10.9. The molecule has 0 unspecified atom stereocenters. The third-order valence-electron chi connectivity index (χ3n) is 1.35. The molecule has 0 saturated heterocycles. The van der Waals surface area contributed by atoms with Gasteiger partial charge in [0.1, 0.15) is 0 Å². The fourth-order valence-electron chi connectivity index (χ4n) is 0.812. The first-order valence-electron chi connectivity index (χ1n) is 4.07. The number of amides is 1. The number of carbonyl (C=O) groups excluding carboxylic acids is 1. The van der Waals surface area contributed by atoms with Crippen molar-refractivity contribution >= 4 is 28.6 Å². The summed E-state index contributed by atoms with van der Waals surface area (Å²) in [6.07, 6.45) is 0.373. The first-order valence-corrected chi connectivity index (χ1v) is 5.89. The van der Waals surface area contributed by atoms with E-state index in [1.165, 1.54) is 0 Å². The summed E-state index contributed by atoms with van der Waals surface area (Å²) in [5.41, 5.74) is 4.95. The lowest BCUT2D eigenvalue weighted by molar-refractivity contribution is -0.117. The zero-order valence-electron chi connectivity index (χ0n) is 7.55. The molecule has 0 saturated carbocycles. The predicted molar refractivity (Wildman–Crippen MR) is 61.5 cm³/mol. The minimum absolute atomic E-state index is 0.266. The molecule has 0 aliphatic rings. The summed E-state index contributed by atoms with van der Waals surface area (Å²) in [4.78, 5) is 11.3. The van der Waals surface area contributed by atoms with Crippen LogP contribution >= 0.6 is 22.7 Å². The Labute approximate surface area is 91.0 Å². The van der Waals surface area contributed by atoms with Crippen molar-refractivity contribution in [2.75, 3.05) is 0 Å². The van der Waals surface area contributed by atoms with Gasteiger partial charge in [0.15, 0.2) is 0 Å². The van der Waals surface area contributed by atoms with Gasteiger partial charge in [0.2, 0.25) is 5.91 Å². The second-order valence-corrected chi connectivity index (χ2v) is 4.36. The van der Waals surface area contributed by atoms with Gasteiger partial charge in [0.05, 0.1) is 6.42 Å². The molecule has 4 heteroatoms. The van der Waals surface area contributed by atoms with Crippen molar-refractivity contribution in [3.63, 3.8) is 0 Å². The highest BCUT2D eigenvalue weighted by atomic mass is 32.1. The number of primary amides is 1. The molecule has 2 aromatic rings. The second-order valence-electron chi connectivity index (χ2n) is 2.52. The minimum Gasteiger partial charge on any atom is -0.369 e. The smallest absolute Gasteiger partial charge is 0.222 e. The lowest BCUT2D eigenvalue weighted by Crippen LogP contribution is -2.12. The van der Waals surface area contributed by atoms with E-state index in [2.05, 4.69) is 0 Å². The Balaban J connectivity index is 0.000000165. The predicted octanol–water partition coefficient (Wildman–Crippen LogP) is 2.52. The van der Waals surface area contributed by atoms with E-state index >= 15 is 0 Å². The Hall–Kier alpha value is -1.13. The Bertz CT molecular complexity index is 323. The van der Waals surface area contributed by atoms with Gasteiger partial charge in [-0.15, -0.1) is 11.3 Å². The Morgan fingerprint density at radius 2 is 1.93 bits per heavy atom. The van der Waals surface area contributed by atoms with Gasteiger partial charge in [-0.25, -0.2) is 0 Å². The topological polar surface area (TPSA) is 43.1 Å². The van der Waals surface area contributed by atoms with Crippen LogP contribution in [0.1, 0.15) is 4.88 Å². The van der Waals surface area contributed by atoms with Gasteiger partial charge < -0.3 is 5.73 Å². The van der Waals surface area contributed by atoms with Gasteiger partial charge in [-0.1, -0.05) is 18.2 Å². The second kappa shape index (κ2) is 6.34. The van der Waals surface area contributed by atoms with Crippen LogP contribution in [0.15, 0.2) is 40.4 Å². The van der Waals surface area contributed by atoms with E-state index in [0.717, 1.165) is 4.88 Å². The van der Waals surface area contributed by atoms with Crippen LogP contribution in [-0.2, 0) is 11.2 Å². The van der Waals surface area contributed by atoms with Gasteiger partial charge in [0, 0.05) is 4.88 Å². The third-order valence-corrected chi connectivity index (χ3v) is 2.86. The number of hydrogen-bond acceptors (Lipinski definition) is 3. The largest absolute Gasteiger partial charge is 0.369 e. The Kier molecular flexibility index (Phi) is 4.96. The molecule has 0 aromatic carbocycles. The summed E-state index contributed by atoms with van der Waals surface area (Å²) < 4.78 is 0. The average Bonchev–Trinajstić information content (AvgIpc) is 2.75. The van der Waals surface area contributed by atoms with Crippen molar-refractivity contribution < 1.29 is 4.79 Å². The van der Waals surface area contributed by atoms with E-state index in [9.17, 15) is 4.79 Å². The number of thiophene rings is 2. The van der Waals surface area contributed by atoms with Gasteiger partial charge in [-0.3, -0.25) is 4.79 Å². The van der Waals surface area contributed by atoms with Crippen LogP contribution in [-0.4, -0.2) is 5.91 Å². The molecule has 0 fully saturated rings. The average molecular weight is 225 g/mol. The molecular weight excluding hydrogens is 214 g/mol. The van der Waals surface area contributed by atoms with Gasteiger partial charge in [-0.05, 0) is 22.2 Å². The highest BCUT2D eigenvalue weighted by Gasteiger charge is 1.96. The van der Waals surface area contributed by atoms with Crippen molar-refractivity contribution in [1.82, 2.24) is 0 Å². The van der Waals surface area contributed by atoms with Crippen molar-refractivity contribution in [2.45, 2.75) is 6.42 Å². The standard InChI is InChI=1S/C6H7NOS.C4H4S/c7-6(8)4-5-2-1-3-9-5;1-2-4-5-3-1/h1-3H,4H2,(H2,7,8);1-4H. The van der Waals surface area contributed by atoms with E-state index in [1.807, 2.05) is 40.4 Å². The molecule has 2 rings (SSSR count). The number of rotatable bonds is 2. The molecule has 0 atom stereocenters. The van der Waals surface area contributed by atoms with Crippen molar-refractivity contribution in [2.24, 2.45) is 5.73 Å². The summed E-state index contributed by atoms with van der Waals surface area (Å²) in [7, 11) is 0. The lowest BCUT2D eigenvalue weighted by atomic mass is 10.3. The Morgan fingerprint density at radius 1 is 1.21 bits per heavy atom. The quantitative estimate of drug-likeness (QED) is 0.838. The highest BCUT2D eigenvalue weighted by Crippen LogP contribution is 2.07. The summed E-state index contributed by atoms with van der Waals surface area (Å²) in [6.45, 7) is 0. The zero-order valence-corrected chi connectivity index (χ0v) is 9.18. The van der Waals surface area contributed by atoms with Crippen LogP contribution in [0, 0.1) is 0 Å². The van der Waals surface area contributed by atoms with Gasteiger partial charge in [0.25, 0.3) is 0 Å². The third kappa shape index (κ3) is 4.79. The maximum absolute atomic E-state index is 10.3. The first-order chi connectivity index (χ1) is 6.79. The fourth-order valence-corrected chi connectivity index (χ4v) is 1.98. The molecular formula is C10H11NOS2. The number of nitrogens with two attached hydrogens (primary N) is 1.